The summed E-state index contributed by atoms with van der Waals surface area (Å²) in [4.78, 5) is 35.7. The van der Waals surface area contributed by atoms with E-state index in [1.165, 1.54) is 23.5 Å². The van der Waals surface area contributed by atoms with E-state index in [2.05, 4.69) is 10.1 Å². The van der Waals surface area contributed by atoms with Crippen LogP contribution in [-0.4, -0.2) is 31.1 Å². The van der Waals surface area contributed by atoms with E-state index < -0.39 is 30.5 Å². The van der Waals surface area contributed by atoms with Crippen molar-refractivity contribution in [3.05, 3.63) is 70.2 Å². The van der Waals surface area contributed by atoms with Gasteiger partial charge in [-0.25, -0.2) is 14.0 Å². The van der Waals surface area contributed by atoms with Gasteiger partial charge < -0.3 is 14.8 Å². The average Bonchev–Trinajstić information content (AvgIpc) is 3.18. The van der Waals surface area contributed by atoms with Gasteiger partial charge in [0.05, 0.1) is 12.6 Å². The second-order valence-corrected chi connectivity index (χ2v) is 6.24. The maximum Gasteiger partial charge on any atom is 0.331 e. The zero-order chi connectivity index (χ0) is 19.6. The smallest absolute Gasteiger partial charge is 0.331 e. The normalized spacial score (nSPS) is 11.8. The predicted molar refractivity (Wildman–Crippen MR) is 97.4 cm³/mol. The first-order valence-electron chi connectivity index (χ1n) is 8.09. The second kappa shape index (κ2) is 10.2. The Balaban J connectivity index is 1.95. The summed E-state index contributed by atoms with van der Waals surface area (Å²) < 4.78 is 22.6. The van der Waals surface area contributed by atoms with Gasteiger partial charge >= 0.3 is 11.9 Å². The van der Waals surface area contributed by atoms with Crippen LogP contribution >= 0.6 is 11.3 Å². The average molecular weight is 391 g/mol. The van der Waals surface area contributed by atoms with Crippen LogP contribution in [0.15, 0.2) is 53.9 Å². The lowest BCUT2D eigenvalue weighted by Gasteiger charge is -2.18. The maximum absolute atomic E-state index is 13.2. The van der Waals surface area contributed by atoms with Gasteiger partial charge in [-0.1, -0.05) is 18.2 Å². The van der Waals surface area contributed by atoms with Crippen LogP contribution in [0.4, 0.5) is 4.39 Å². The summed E-state index contributed by atoms with van der Waals surface area (Å²) >= 11 is 1.43. The highest BCUT2D eigenvalue weighted by atomic mass is 32.1. The van der Waals surface area contributed by atoms with Gasteiger partial charge in [0, 0.05) is 17.0 Å². The topological polar surface area (TPSA) is 81.7 Å². The number of thiophene rings is 1. The largest absolute Gasteiger partial charge is 0.463 e. The van der Waals surface area contributed by atoms with Crippen LogP contribution in [0, 0.1) is 5.82 Å². The molecule has 0 aliphatic heterocycles. The van der Waals surface area contributed by atoms with Crippen molar-refractivity contribution in [2.75, 3.05) is 13.2 Å². The van der Waals surface area contributed by atoms with E-state index in [4.69, 9.17) is 4.74 Å². The second-order valence-electron chi connectivity index (χ2n) is 5.26. The van der Waals surface area contributed by atoms with Crippen molar-refractivity contribution in [2.24, 2.45) is 0 Å². The molecule has 0 unspecified atom stereocenters. The zero-order valence-electron chi connectivity index (χ0n) is 14.5. The number of ether oxygens (including phenoxy) is 2. The molecule has 0 bridgehead atoms. The van der Waals surface area contributed by atoms with Crippen molar-refractivity contribution in [3.8, 4) is 0 Å². The van der Waals surface area contributed by atoms with Gasteiger partial charge in [0.1, 0.15) is 5.82 Å². The third-order valence-corrected chi connectivity index (χ3v) is 4.26. The number of esters is 2. The van der Waals surface area contributed by atoms with E-state index in [0.717, 1.165) is 17.0 Å². The molecular formula is C19H18FNO5S. The summed E-state index contributed by atoms with van der Waals surface area (Å²) in [6, 6.07) is 8.95. The minimum atomic E-state index is -0.840. The van der Waals surface area contributed by atoms with Crippen molar-refractivity contribution in [1.82, 2.24) is 5.32 Å². The molecule has 1 aromatic heterocycles. The highest BCUT2D eigenvalue weighted by Gasteiger charge is 2.18. The number of nitrogens with one attached hydrogen (secondary N) is 1. The van der Waals surface area contributed by atoms with Gasteiger partial charge in [-0.15, -0.1) is 11.3 Å². The molecule has 0 spiro atoms. The van der Waals surface area contributed by atoms with Gasteiger partial charge in [-0.05, 0) is 36.1 Å². The number of halogens is 1. The highest BCUT2D eigenvalue weighted by molar-refractivity contribution is 7.10. The molecule has 2 aromatic rings. The first kappa shape index (κ1) is 20.3. The first-order valence-corrected chi connectivity index (χ1v) is 8.97. The van der Waals surface area contributed by atoms with Crippen LogP contribution in [0.3, 0.4) is 0 Å². The SMILES string of the molecule is CCOC(=O)/C=C/C(=O)OCC(=O)N[C@H](c1ccc(F)cc1)c1cccs1. The predicted octanol–water partition coefficient (Wildman–Crippen LogP) is 2.76. The van der Waals surface area contributed by atoms with Crippen molar-refractivity contribution in [1.29, 1.82) is 0 Å². The standard InChI is InChI=1S/C19H18FNO5S/c1-2-25-17(23)9-10-18(24)26-12-16(22)21-19(15-4-3-11-27-15)13-5-7-14(20)8-6-13/h3-11,19H,2,12H2,1H3,(H,21,22)/b10-9+/t19-/m1/s1. The van der Waals surface area contributed by atoms with Crippen molar-refractivity contribution < 1.29 is 28.2 Å². The maximum atomic E-state index is 13.2. The third kappa shape index (κ3) is 6.67. The minimum absolute atomic E-state index is 0.189. The molecule has 27 heavy (non-hydrogen) atoms. The number of amides is 1. The van der Waals surface area contributed by atoms with Crippen molar-refractivity contribution >= 4 is 29.2 Å². The molecule has 0 aliphatic rings. The summed E-state index contributed by atoms with van der Waals surface area (Å²) in [6.45, 7) is 1.31. The highest BCUT2D eigenvalue weighted by Crippen LogP contribution is 2.26. The number of benzene rings is 1. The number of rotatable bonds is 8. The molecule has 0 aliphatic carbocycles. The van der Waals surface area contributed by atoms with Crippen LogP contribution < -0.4 is 5.32 Å². The van der Waals surface area contributed by atoms with Gasteiger partial charge in [0.15, 0.2) is 6.61 Å². The van der Waals surface area contributed by atoms with Crippen LogP contribution in [-0.2, 0) is 23.9 Å². The zero-order valence-corrected chi connectivity index (χ0v) is 15.3. The molecule has 1 N–H and O–H groups in total. The fourth-order valence-electron chi connectivity index (χ4n) is 2.14. The molecule has 8 heteroatoms. The van der Waals surface area contributed by atoms with Crippen molar-refractivity contribution in [2.45, 2.75) is 13.0 Å². The van der Waals surface area contributed by atoms with E-state index in [0.29, 0.717) is 5.56 Å². The van der Waals surface area contributed by atoms with E-state index in [-0.39, 0.29) is 12.4 Å². The summed E-state index contributed by atoms with van der Waals surface area (Å²) in [6.07, 6.45) is 1.82. The Bertz CT molecular complexity index is 802. The molecule has 0 saturated carbocycles. The van der Waals surface area contributed by atoms with Gasteiger partial charge in [-0.3, -0.25) is 4.79 Å². The molecule has 6 nitrogen and oxygen atoms in total. The molecule has 1 aromatic carbocycles. The Kier molecular flexibility index (Phi) is 7.69. The van der Waals surface area contributed by atoms with Crippen LogP contribution in [0.1, 0.15) is 23.4 Å². The van der Waals surface area contributed by atoms with Crippen LogP contribution in [0.2, 0.25) is 0 Å². The number of hydrogen-bond donors (Lipinski definition) is 1. The Hall–Kier alpha value is -3.00. The minimum Gasteiger partial charge on any atom is -0.463 e. The molecule has 1 atom stereocenters. The fraction of sp³-hybridized carbons (Fsp3) is 0.211. The fourth-order valence-corrected chi connectivity index (χ4v) is 2.95. The quantitative estimate of drug-likeness (QED) is 0.553. The van der Waals surface area contributed by atoms with Gasteiger partial charge in [0.2, 0.25) is 0 Å². The Morgan fingerprint density at radius 3 is 2.37 bits per heavy atom. The van der Waals surface area contributed by atoms with E-state index in [9.17, 15) is 18.8 Å². The molecule has 0 saturated heterocycles. The third-order valence-electron chi connectivity index (χ3n) is 3.32. The monoisotopic (exact) mass is 391 g/mol. The number of carbonyl (C=O) groups is 3. The summed E-state index contributed by atoms with van der Waals surface area (Å²) in [7, 11) is 0. The van der Waals surface area contributed by atoms with Crippen LogP contribution in [0.5, 0.6) is 0 Å². The Labute approximate surface area is 159 Å². The number of hydrogen-bond acceptors (Lipinski definition) is 6. The van der Waals surface area contributed by atoms with E-state index in [1.54, 1.807) is 19.1 Å². The van der Waals surface area contributed by atoms with Gasteiger partial charge in [-0.2, -0.15) is 0 Å². The van der Waals surface area contributed by atoms with Crippen LogP contribution in [0.25, 0.3) is 0 Å². The molecule has 1 heterocycles. The molecule has 0 fully saturated rings. The summed E-state index contributed by atoms with van der Waals surface area (Å²) in [5, 5.41) is 4.61. The van der Waals surface area contributed by atoms with E-state index in [1.807, 2.05) is 17.5 Å². The summed E-state index contributed by atoms with van der Waals surface area (Å²) in [5.41, 5.74) is 0.695. The molecule has 1 amide bonds. The molecular weight excluding hydrogens is 373 g/mol. The summed E-state index contributed by atoms with van der Waals surface area (Å²) in [5.74, 6) is -2.42. The first-order chi connectivity index (χ1) is 13.0. The number of carbonyl (C=O) groups excluding carboxylic acids is 3. The lowest BCUT2D eigenvalue weighted by molar-refractivity contribution is -0.144. The Morgan fingerprint density at radius 1 is 1.11 bits per heavy atom. The van der Waals surface area contributed by atoms with Crippen molar-refractivity contribution in [3.63, 3.8) is 0 Å². The lowest BCUT2D eigenvalue weighted by atomic mass is 10.1. The van der Waals surface area contributed by atoms with E-state index >= 15 is 0 Å². The molecule has 142 valence electrons. The Morgan fingerprint density at radius 2 is 1.78 bits per heavy atom. The van der Waals surface area contributed by atoms with Gasteiger partial charge in [0.25, 0.3) is 5.91 Å². The molecule has 0 radical (unpaired) electrons. The lowest BCUT2D eigenvalue weighted by Crippen LogP contribution is -2.32. The molecule has 2 rings (SSSR count).